The summed E-state index contributed by atoms with van der Waals surface area (Å²) in [6.45, 7) is 3.46. The Hall–Kier alpha value is -1.56. The minimum atomic E-state index is -3.65. The molecular formula is C15H17ClN2O2S. The van der Waals surface area contributed by atoms with E-state index in [1.807, 2.05) is 13.0 Å². The minimum Gasteiger partial charge on any atom is -0.313 e. The second kappa shape index (κ2) is 6.93. The summed E-state index contributed by atoms with van der Waals surface area (Å²) in [5, 5.41) is 3.53. The molecule has 0 amide bonds. The summed E-state index contributed by atoms with van der Waals surface area (Å²) in [6.07, 6.45) is 0. The third kappa shape index (κ3) is 4.20. The third-order valence-electron chi connectivity index (χ3n) is 2.91. The molecule has 0 spiro atoms. The zero-order chi connectivity index (χ0) is 15.3. The maximum absolute atomic E-state index is 12.4. The monoisotopic (exact) mass is 324 g/mol. The maximum atomic E-state index is 12.4. The first-order chi connectivity index (χ1) is 10.0. The number of anilines is 1. The quantitative estimate of drug-likeness (QED) is 0.857. The van der Waals surface area contributed by atoms with Crippen LogP contribution in [0.25, 0.3) is 0 Å². The molecule has 0 aliphatic heterocycles. The van der Waals surface area contributed by atoms with Crippen LogP contribution in [0.5, 0.6) is 0 Å². The summed E-state index contributed by atoms with van der Waals surface area (Å²) < 4.78 is 27.3. The van der Waals surface area contributed by atoms with Crippen molar-refractivity contribution in [3.63, 3.8) is 0 Å². The van der Waals surface area contributed by atoms with Crippen LogP contribution in [0.2, 0.25) is 5.02 Å². The summed E-state index contributed by atoms with van der Waals surface area (Å²) in [5.74, 6) is 0. The van der Waals surface area contributed by atoms with Gasteiger partial charge in [0, 0.05) is 6.54 Å². The number of hydrogen-bond acceptors (Lipinski definition) is 3. The van der Waals surface area contributed by atoms with E-state index in [0.29, 0.717) is 17.3 Å². The van der Waals surface area contributed by atoms with Gasteiger partial charge in [-0.2, -0.15) is 0 Å². The molecule has 2 aromatic carbocycles. The topological polar surface area (TPSA) is 58.2 Å². The molecule has 0 aliphatic carbocycles. The van der Waals surface area contributed by atoms with Crippen LogP contribution in [0.1, 0.15) is 12.5 Å². The van der Waals surface area contributed by atoms with Crippen LogP contribution in [-0.2, 0) is 16.6 Å². The summed E-state index contributed by atoms with van der Waals surface area (Å²) in [5.41, 5.74) is 1.29. The Morgan fingerprint density at radius 3 is 2.57 bits per heavy atom. The lowest BCUT2D eigenvalue weighted by molar-refractivity contribution is 0.601. The van der Waals surface area contributed by atoms with Gasteiger partial charge in [0.2, 0.25) is 0 Å². The van der Waals surface area contributed by atoms with Crippen molar-refractivity contribution in [3.05, 3.63) is 59.1 Å². The van der Waals surface area contributed by atoms with Gasteiger partial charge in [-0.1, -0.05) is 42.8 Å². The Kier molecular flexibility index (Phi) is 5.22. The first kappa shape index (κ1) is 15.8. The van der Waals surface area contributed by atoms with Crippen LogP contribution in [-0.4, -0.2) is 15.0 Å². The molecule has 21 heavy (non-hydrogen) atoms. The number of sulfonamides is 1. The fourth-order valence-electron chi connectivity index (χ4n) is 1.84. The molecule has 112 valence electrons. The summed E-state index contributed by atoms with van der Waals surface area (Å²) in [7, 11) is -3.65. The maximum Gasteiger partial charge on any atom is 0.261 e. The molecule has 0 unspecified atom stereocenters. The van der Waals surface area contributed by atoms with Crippen molar-refractivity contribution in [1.82, 2.24) is 5.32 Å². The highest BCUT2D eigenvalue weighted by atomic mass is 35.5. The summed E-state index contributed by atoms with van der Waals surface area (Å²) in [4.78, 5) is 0.220. The van der Waals surface area contributed by atoms with Crippen molar-refractivity contribution in [3.8, 4) is 0 Å². The molecule has 2 N–H and O–H groups in total. The van der Waals surface area contributed by atoms with Gasteiger partial charge in [-0.15, -0.1) is 0 Å². The van der Waals surface area contributed by atoms with E-state index < -0.39 is 10.0 Å². The number of hydrogen-bond donors (Lipinski definition) is 2. The molecular weight excluding hydrogens is 308 g/mol. The molecule has 0 bridgehead atoms. The lowest BCUT2D eigenvalue weighted by Gasteiger charge is -2.10. The van der Waals surface area contributed by atoms with Crippen LogP contribution in [0, 0.1) is 0 Å². The zero-order valence-corrected chi connectivity index (χ0v) is 13.2. The molecule has 0 aliphatic rings. The van der Waals surface area contributed by atoms with Crippen molar-refractivity contribution >= 4 is 27.3 Å². The number of rotatable bonds is 6. The Balaban J connectivity index is 2.25. The number of benzene rings is 2. The van der Waals surface area contributed by atoms with E-state index >= 15 is 0 Å². The predicted octanol–water partition coefficient (Wildman–Crippen LogP) is 3.25. The third-order valence-corrected chi connectivity index (χ3v) is 4.60. The van der Waals surface area contributed by atoms with Gasteiger partial charge in [0.1, 0.15) is 0 Å². The molecule has 0 saturated heterocycles. The van der Waals surface area contributed by atoms with E-state index in [1.54, 1.807) is 42.5 Å². The van der Waals surface area contributed by atoms with Gasteiger partial charge < -0.3 is 5.32 Å². The first-order valence-corrected chi connectivity index (χ1v) is 8.46. The number of nitrogens with one attached hydrogen (secondary N) is 2. The normalized spacial score (nSPS) is 11.3. The first-order valence-electron chi connectivity index (χ1n) is 6.60. The van der Waals surface area contributed by atoms with Crippen molar-refractivity contribution in [2.45, 2.75) is 18.4 Å². The zero-order valence-electron chi connectivity index (χ0n) is 11.6. The van der Waals surface area contributed by atoms with Gasteiger partial charge in [-0.05, 0) is 36.4 Å². The smallest absolute Gasteiger partial charge is 0.261 e. The van der Waals surface area contributed by atoms with Crippen LogP contribution in [0.15, 0.2) is 53.4 Å². The lowest BCUT2D eigenvalue weighted by atomic mass is 10.2. The van der Waals surface area contributed by atoms with Gasteiger partial charge in [-0.25, -0.2) is 8.42 Å². The van der Waals surface area contributed by atoms with Crippen LogP contribution >= 0.6 is 11.6 Å². The van der Waals surface area contributed by atoms with E-state index in [0.717, 1.165) is 12.1 Å². The fourth-order valence-corrected chi connectivity index (χ4v) is 3.23. The molecule has 0 aromatic heterocycles. The van der Waals surface area contributed by atoms with E-state index in [4.69, 9.17) is 11.6 Å². The number of para-hydroxylation sites is 1. The predicted molar refractivity (Wildman–Crippen MR) is 86.1 cm³/mol. The highest BCUT2D eigenvalue weighted by molar-refractivity contribution is 7.92. The Bertz CT molecular complexity index is 717. The molecule has 0 saturated carbocycles. The highest BCUT2D eigenvalue weighted by Gasteiger charge is 2.15. The molecule has 0 atom stereocenters. The van der Waals surface area contributed by atoms with Crippen molar-refractivity contribution < 1.29 is 8.42 Å². The molecule has 0 radical (unpaired) electrons. The average Bonchev–Trinajstić information content (AvgIpc) is 2.48. The van der Waals surface area contributed by atoms with E-state index in [9.17, 15) is 8.42 Å². The van der Waals surface area contributed by atoms with Crippen LogP contribution < -0.4 is 10.0 Å². The van der Waals surface area contributed by atoms with Crippen LogP contribution in [0.4, 0.5) is 5.69 Å². The molecule has 4 nitrogen and oxygen atoms in total. The molecule has 0 heterocycles. The SMILES string of the molecule is CCNCc1cccc(S(=O)(=O)Nc2ccccc2Cl)c1. The van der Waals surface area contributed by atoms with Gasteiger partial charge in [0.25, 0.3) is 10.0 Å². The van der Waals surface area contributed by atoms with E-state index in [2.05, 4.69) is 10.0 Å². The van der Waals surface area contributed by atoms with Crippen LogP contribution in [0.3, 0.4) is 0 Å². The lowest BCUT2D eigenvalue weighted by Crippen LogP contribution is -2.15. The summed E-state index contributed by atoms with van der Waals surface area (Å²) in [6, 6.07) is 13.6. The Labute approximate surface area is 130 Å². The van der Waals surface area contributed by atoms with Gasteiger partial charge in [0.05, 0.1) is 15.6 Å². The second-order valence-corrected chi connectivity index (χ2v) is 6.60. The highest BCUT2D eigenvalue weighted by Crippen LogP contribution is 2.24. The Morgan fingerprint density at radius 2 is 1.86 bits per heavy atom. The second-order valence-electron chi connectivity index (χ2n) is 4.51. The molecule has 2 aromatic rings. The number of halogens is 1. The Morgan fingerprint density at radius 1 is 1.10 bits per heavy atom. The standard InChI is InChI=1S/C15H17ClN2O2S/c1-2-17-11-12-6-5-7-13(10-12)21(19,20)18-15-9-4-3-8-14(15)16/h3-10,17-18H,2,11H2,1H3. The van der Waals surface area contributed by atoms with Crippen molar-refractivity contribution in [2.75, 3.05) is 11.3 Å². The minimum absolute atomic E-state index is 0.220. The molecule has 2 rings (SSSR count). The van der Waals surface area contributed by atoms with Gasteiger partial charge >= 0.3 is 0 Å². The van der Waals surface area contributed by atoms with Crippen molar-refractivity contribution in [1.29, 1.82) is 0 Å². The average molecular weight is 325 g/mol. The van der Waals surface area contributed by atoms with Crippen molar-refractivity contribution in [2.24, 2.45) is 0 Å². The van der Waals surface area contributed by atoms with E-state index in [-0.39, 0.29) is 4.90 Å². The van der Waals surface area contributed by atoms with Gasteiger partial charge in [-0.3, -0.25) is 4.72 Å². The molecule has 6 heteroatoms. The van der Waals surface area contributed by atoms with Gasteiger partial charge in [0.15, 0.2) is 0 Å². The fraction of sp³-hybridized carbons (Fsp3) is 0.200. The molecule has 0 fully saturated rings. The summed E-state index contributed by atoms with van der Waals surface area (Å²) >= 11 is 5.98. The largest absolute Gasteiger partial charge is 0.313 e. The van der Waals surface area contributed by atoms with E-state index in [1.165, 1.54) is 0 Å².